The van der Waals surface area contributed by atoms with E-state index in [1.807, 2.05) is 11.0 Å². The van der Waals surface area contributed by atoms with Crippen LogP contribution in [0.3, 0.4) is 0 Å². The Morgan fingerprint density at radius 2 is 1.91 bits per heavy atom. The van der Waals surface area contributed by atoms with Crippen LogP contribution in [0, 0.1) is 5.92 Å². The molecule has 0 aliphatic carbocycles. The van der Waals surface area contributed by atoms with Crippen molar-refractivity contribution in [3.05, 3.63) is 60.3 Å². The molecule has 4 aromatic heterocycles. The molecule has 1 aliphatic heterocycles. The number of hydrogen-bond donors (Lipinski definition) is 1. The van der Waals surface area contributed by atoms with Gasteiger partial charge in [0.2, 0.25) is 5.91 Å². The van der Waals surface area contributed by atoms with Gasteiger partial charge >= 0.3 is 6.18 Å². The van der Waals surface area contributed by atoms with Crippen LogP contribution in [-0.2, 0) is 17.5 Å². The zero-order chi connectivity index (χ0) is 23.7. The van der Waals surface area contributed by atoms with Crippen LogP contribution >= 0.6 is 0 Å². The zero-order valence-electron chi connectivity index (χ0n) is 17.9. The summed E-state index contributed by atoms with van der Waals surface area (Å²) in [6, 6.07) is 8.55. The number of fused-ring (bicyclic) bond motifs is 1. The Morgan fingerprint density at radius 1 is 1.09 bits per heavy atom. The number of pyridine rings is 1. The molecule has 0 spiro atoms. The molecule has 0 aromatic carbocycles. The molecule has 1 saturated heterocycles. The van der Waals surface area contributed by atoms with E-state index in [4.69, 9.17) is 0 Å². The maximum Gasteiger partial charge on any atom is 0.453 e. The summed E-state index contributed by atoms with van der Waals surface area (Å²) in [7, 11) is 0. The Balaban J connectivity index is 1.21. The maximum absolute atomic E-state index is 13.1. The molecule has 10 nitrogen and oxygen atoms in total. The monoisotopic (exact) mass is 471 g/mol. The van der Waals surface area contributed by atoms with E-state index in [2.05, 4.69) is 30.7 Å². The van der Waals surface area contributed by atoms with Crippen LogP contribution in [0.15, 0.2) is 48.9 Å². The summed E-state index contributed by atoms with van der Waals surface area (Å²) in [6.45, 7) is 1.30. The van der Waals surface area contributed by atoms with E-state index >= 15 is 0 Å². The number of aromatic nitrogens is 7. The first kappa shape index (κ1) is 21.8. The molecule has 0 bridgehead atoms. The highest BCUT2D eigenvalue weighted by Crippen LogP contribution is 2.28. The Labute approximate surface area is 191 Å². The molecule has 0 atom stereocenters. The number of anilines is 1. The normalized spacial score (nSPS) is 15.1. The zero-order valence-corrected chi connectivity index (χ0v) is 17.9. The van der Waals surface area contributed by atoms with Crippen LogP contribution in [0.2, 0.25) is 0 Å². The second kappa shape index (κ2) is 8.72. The van der Waals surface area contributed by atoms with Gasteiger partial charge in [0.05, 0.1) is 0 Å². The van der Waals surface area contributed by atoms with Gasteiger partial charge in [0.1, 0.15) is 5.82 Å². The average molecular weight is 471 g/mol. The van der Waals surface area contributed by atoms with Gasteiger partial charge in [0.15, 0.2) is 11.5 Å². The van der Waals surface area contributed by atoms with Gasteiger partial charge in [-0.3, -0.25) is 4.79 Å². The molecule has 176 valence electrons. The lowest BCUT2D eigenvalue weighted by Crippen LogP contribution is -2.41. The molecule has 1 N–H and O–H groups in total. The molecular formula is C21H20F3N9O. The van der Waals surface area contributed by atoms with Crippen LogP contribution in [0.25, 0.3) is 11.5 Å². The smallest absolute Gasteiger partial charge is 0.355 e. The lowest BCUT2D eigenvalue weighted by molar-refractivity contribution is -0.146. The Hall–Kier alpha value is -4.03. The Morgan fingerprint density at radius 3 is 2.65 bits per heavy atom. The highest BCUT2D eigenvalue weighted by Gasteiger charge is 2.38. The molecular weight excluding hydrogens is 451 g/mol. The van der Waals surface area contributed by atoms with Crippen molar-refractivity contribution >= 4 is 17.4 Å². The van der Waals surface area contributed by atoms with Crippen LogP contribution in [-0.4, -0.2) is 53.6 Å². The van der Waals surface area contributed by atoms with Crippen molar-refractivity contribution in [2.24, 2.45) is 5.92 Å². The molecule has 34 heavy (non-hydrogen) atoms. The molecule has 1 fully saturated rings. The molecule has 13 heteroatoms. The maximum atomic E-state index is 13.1. The molecule has 5 rings (SSSR count). The first-order valence-electron chi connectivity index (χ1n) is 10.7. The number of nitrogens with zero attached hydrogens (tertiary/aromatic N) is 8. The number of carbonyl (C=O) groups is 1. The fraction of sp³-hybridized carbons (Fsp3) is 0.333. The minimum atomic E-state index is -4.65. The first-order valence-corrected chi connectivity index (χ1v) is 10.7. The summed E-state index contributed by atoms with van der Waals surface area (Å²) in [5.74, 6) is -0.405. The van der Waals surface area contributed by atoms with Gasteiger partial charge in [-0.15, -0.1) is 15.3 Å². The lowest BCUT2D eigenvalue weighted by atomic mass is 9.96. The van der Waals surface area contributed by atoms with Crippen LogP contribution in [0.5, 0.6) is 0 Å². The van der Waals surface area contributed by atoms with E-state index in [9.17, 15) is 18.0 Å². The summed E-state index contributed by atoms with van der Waals surface area (Å²) in [6.07, 6.45) is 1.57. The third kappa shape index (κ3) is 4.28. The van der Waals surface area contributed by atoms with E-state index in [0.29, 0.717) is 48.6 Å². The number of nitrogens with one attached hydrogen (secondary N) is 1. The van der Waals surface area contributed by atoms with Crippen molar-refractivity contribution in [2.45, 2.75) is 25.6 Å². The number of carbonyl (C=O) groups excluding carboxylic acids is 1. The van der Waals surface area contributed by atoms with Crippen molar-refractivity contribution in [1.82, 2.24) is 39.9 Å². The quantitative estimate of drug-likeness (QED) is 0.476. The van der Waals surface area contributed by atoms with E-state index < -0.39 is 12.0 Å². The van der Waals surface area contributed by atoms with Gasteiger partial charge in [0, 0.05) is 49.7 Å². The van der Waals surface area contributed by atoms with Crippen molar-refractivity contribution in [1.29, 1.82) is 0 Å². The van der Waals surface area contributed by atoms with Crippen LogP contribution < -0.4 is 10.2 Å². The summed E-state index contributed by atoms with van der Waals surface area (Å²) in [4.78, 5) is 19.0. The highest BCUT2D eigenvalue weighted by molar-refractivity contribution is 5.79. The topological polar surface area (TPSA) is 106 Å². The van der Waals surface area contributed by atoms with Gasteiger partial charge in [0.25, 0.3) is 5.82 Å². The van der Waals surface area contributed by atoms with Crippen molar-refractivity contribution in [2.75, 3.05) is 18.0 Å². The number of rotatable bonds is 5. The molecule has 4 aromatic rings. The van der Waals surface area contributed by atoms with Crippen molar-refractivity contribution < 1.29 is 18.0 Å². The molecule has 5 heterocycles. The fourth-order valence-corrected chi connectivity index (χ4v) is 3.99. The summed E-state index contributed by atoms with van der Waals surface area (Å²) < 4.78 is 41.8. The molecule has 0 radical (unpaired) electrons. The van der Waals surface area contributed by atoms with Crippen molar-refractivity contribution in [3.63, 3.8) is 0 Å². The van der Waals surface area contributed by atoms with Gasteiger partial charge in [-0.2, -0.15) is 22.8 Å². The third-order valence-corrected chi connectivity index (χ3v) is 5.73. The number of amides is 1. The first-order chi connectivity index (χ1) is 16.4. The van der Waals surface area contributed by atoms with Gasteiger partial charge < -0.3 is 10.2 Å². The average Bonchev–Trinajstić information content (AvgIpc) is 3.52. The summed E-state index contributed by atoms with van der Waals surface area (Å²) in [5, 5.41) is 18.0. The molecule has 0 unspecified atom stereocenters. The number of hydrogen-bond acceptors (Lipinski definition) is 7. The predicted octanol–water partition coefficient (Wildman–Crippen LogP) is 2.26. The Bertz CT molecular complexity index is 1290. The third-order valence-electron chi connectivity index (χ3n) is 5.73. The predicted molar refractivity (Wildman–Crippen MR) is 114 cm³/mol. The van der Waals surface area contributed by atoms with Gasteiger partial charge in [-0.1, -0.05) is 6.07 Å². The van der Waals surface area contributed by atoms with Gasteiger partial charge in [-0.25, -0.2) is 9.67 Å². The summed E-state index contributed by atoms with van der Waals surface area (Å²) >= 11 is 0. The SMILES string of the molecule is O=C(NCc1cccnc1-n1cccn1)C1CCN(c2ccc3nnc(C(F)(F)F)n3n2)CC1. The summed E-state index contributed by atoms with van der Waals surface area (Å²) in [5.41, 5.74) is 0.860. The van der Waals surface area contributed by atoms with E-state index in [-0.39, 0.29) is 17.5 Å². The number of alkyl halides is 3. The highest BCUT2D eigenvalue weighted by atomic mass is 19.4. The Kier molecular flexibility index (Phi) is 5.59. The van der Waals surface area contributed by atoms with E-state index in [1.54, 1.807) is 41.5 Å². The van der Waals surface area contributed by atoms with Crippen LogP contribution in [0.1, 0.15) is 24.2 Å². The molecule has 1 amide bonds. The molecule has 0 saturated carbocycles. The standard InChI is InChI=1S/C21H20F3N9O/c22-21(23,24)20-29-28-16-4-5-17(30-33(16)20)31-11-6-14(7-12-31)19(34)26-13-15-3-1-8-25-18(15)32-10-2-9-27-32/h1-5,8-10,14H,6-7,11-13H2,(H,26,34). The second-order valence-electron chi connectivity index (χ2n) is 7.90. The van der Waals surface area contributed by atoms with E-state index in [1.165, 1.54) is 6.07 Å². The minimum Gasteiger partial charge on any atom is -0.355 e. The number of halogens is 3. The van der Waals surface area contributed by atoms with Crippen molar-refractivity contribution in [3.8, 4) is 5.82 Å². The molecule has 1 aliphatic rings. The lowest BCUT2D eigenvalue weighted by Gasteiger charge is -2.32. The van der Waals surface area contributed by atoms with E-state index in [0.717, 1.165) is 5.56 Å². The fourth-order valence-electron chi connectivity index (χ4n) is 3.99. The van der Waals surface area contributed by atoms with Gasteiger partial charge in [-0.05, 0) is 37.1 Å². The van der Waals surface area contributed by atoms with Crippen LogP contribution in [0.4, 0.5) is 19.0 Å². The second-order valence-corrected chi connectivity index (χ2v) is 7.90. The number of piperidine rings is 1. The largest absolute Gasteiger partial charge is 0.453 e. The minimum absolute atomic E-state index is 0.0234.